The van der Waals surface area contributed by atoms with Gasteiger partial charge in [0.25, 0.3) is 0 Å². The molecule has 0 amide bonds. The Hall–Kier alpha value is -5.86. The molecule has 0 aliphatic heterocycles. The first-order valence-corrected chi connectivity index (χ1v) is 16.3. The van der Waals surface area contributed by atoms with Crippen LogP contribution in [0.3, 0.4) is 0 Å². The van der Waals surface area contributed by atoms with Crippen molar-refractivity contribution in [2.24, 2.45) is 0 Å². The normalized spacial score (nSPS) is 13.5. The molecule has 2 heteroatoms. The maximum Gasteiger partial charge on any atom is 0.135 e. The van der Waals surface area contributed by atoms with Crippen LogP contribution in [0.25, 0.3) is 82.8 Å². The second kappa shape index (κ2) is 9.57. The van der Waals surface area contributed by atoms with Crippen LogP contribution in [0.2, 0.25) is 0 Å². The Morgan fingerprint density at radius 1 is 0.426 bits per heavy atom. The summed E-state index contributed by atoms with van der Waals surface area (Å²) >= 11 is 0. The fraction of sp³-hybridized carbons (Fsp3) is 0.0667. The molecule has 0 atom stereocenters. The van der Waals surface area contributed by atoms with Crippen LogP contribution in [0.1, 0.15) is 25.0 Å². The van der Waals surface area contributed by atoms with Crippen LogP contribution in [0.15, 0.2) is 156 Å². The molecule has 0 saturated carbocycles. The number of furan rings is 1. The van der Waals surface area contributed by atoms with E-state index in [1.807, 2.05) is 12.1 Å². The molecule has 0 radical (unpaired) electrons. The summed E-state index contributed by atoms with van der Waals surface area (Å²) in [5.41, 5.74) is 15.8. The van der Waals surface area contributed by atoms with Crippen LogP contribution >= 0.6 is 0 Å². The topological polar surface area (TPSA) is 18.1 Å². The number of para-hydroxylation sites is 2. The molecule has 47 heavy (non-hydrogen) atoms. The van der Waals surface area contributed by atoms with E-state index in [0.29, 0.717) is 0 Å². The molecule has 10 rings (SSSR count). The number of nitrogens with zero attached hydrogens (tertiary/aromatic N) is 1. The van der Waals surface area contributed by atoms with E-state index in [2.05, 4.69) is 158 Å². The summed E-state index contributed by atoms with van der Waals surface area (Å²) < 4.78 is 8.53. The SMILES string of the molecule is CC1(C)c2ccccc2-c2ccc(-c3cccc(-c4ccc5c(c4)c4ccccc4n5-c4ccc5oc6ccccc6c5c4)c3)cc21. The highest BCUT2D eigenvalue weighted by molar-refractivity contribution is 6.11. The van der Waals surface area contributed by atoms with E-state index >= 15 is 0 Å². The zero-order valence-corrected chi connectivity index (χ0v) is 26.3. The average molecular weight is 602 g/mol. The van der Waals surface area contributed by atoms with E-state index in [1.165, 1.54) is 66.3 Å². The van der Waals surface area contributed by atoms with Gasteiger partial charge in [-0.25, -0.2) is 0 Å². The van der Waals surface area contributed by atoms with Gasteiger partial charge in [0.15, 0.2) is 0 Å². The van der Waals surface area contributed by atoms with Gasteiger partial charge in [-0.05, 0) is 99.1 Å². The van der Waals surface area contributed by atoms with Crippen molar-refractivity contribution in [1.29, 1.82) is 0 Å². The van der Waals surface area contributed by atoms with Gasteiger partial charge in [-0.1, -0.05) is 111 Å². The Morgan fingerprint density at radius 3 is 1.98 bits per heavy atom. The molecule has 1 aliphatic carbocycles. The lowest BCUT2D eigenvalue weighted by Crippen LogP contribution is -2.14. The van der Waals surface area contributed by atoms with Gasteiger partial charge in [0.2, 0.25) is 0 Å². The van der Waals surface area contributed by atoms with Crippen molar-refractivity contribution in [1.82, 2.24) is 4.57 Å². The Balaban J connectivity index is 1.09. The van der Waals surface area contributed by atoms with Gasteiger partial charge in [-0.15, -0.1) is 0 Å². The van der Waals surface area contributed by atoms with Crippen LogP contribution in [-0.2, 0) is 5.41 Å². The molecule has 0 spiro atoms. The van der Waals surface area contributed by atoms with E-state index in [-0.39, 0.29) is 5.41 Å². The fourth-order valence-electron chi connectivity index (χ4n) is 8.05. The van der Waals surface area contributed by atoms with Crippen molar-refractivity contribution >= 4 is 43.7 Å². The van der Waals surface area contributed by atoms with Gasteiger partial charge in [0.1, 0.15) is 11.2 Å². The summed E-state index contributed by atoms with van der Waals surface area (Å²) in [6, 6.07) is 55.3. The summed E-state index contributed by atoms with van der Waals surface area (Å²) in [4.78, 5) is 0. The van der Waals surface area contributed by atoms with Gasteiger partial charge in [0, 0.05) is 32.6 Å². The number of hydrogen-bond acceptors (Lipinski definition) is 1. The molecule has 2 heterocycles. The smallest absolute Gasteiger partial charge is 0.135 e. The predicted octanol–water partition coefficient (Wildman–Crippen LogP) is 12.3. The molecule has 2 nitrogen and oxygen atoms in total. The standard InChI is InChI=1S/C45H31NO/c1-45(2)39-15-6-3-12-33(39)34-21-18-31(26-40(34)45)29-11-9-10-28(24-29)30-19-22-42-37(25-30)35-13-4-7-16-41(35)46(42)32-20-23-44-38(27-32)36-14-5-8-17-43(36)47-44/h3-27H,1-2H3. The zero-order chi connectivity index (χ0) is 31.3. The number of hydrogen-bond donors (Lipinski definition) is 0. The minimum atomic E-state index is -0.0198. The number of rotatable bonds is 3. The van der Waals surface area contributed by atoms with Gasteiger partial charge in [-0.2, -0.15) is 0 Å². The molecular formula is C45H31NO. The monoisotopic (exact) mass is 601 g/mol. The Bertz CT molecular complexity index is 2720. The lowest BCUT2D eigenvalue weighted by molar-refractivity contribution is 0.660. The first-order valence-electron chi connectivity index (χ1n) is 16.3. The van der Waals surface area contributed by atoms with Crippen molar-refractivity contribution in [3.8, 4) is 39.1 Å². The maximum absolute atomic E-state index is 6.14. The minimum Gasteiger partial charge on any atom is -0.456 e. The molecule has 9 aromatic rings. The molecule has 0 bridgehead atoms. The highest BCUT2D eigenvalue weighted by Gasteiger charge is 2.35. The van der Waals surface area contributed by atoms with Crippen molar-refractivity contribution in [2.45, 2.75) is 19.3 Å². The lowest BCUT2D eigenvalue weighted by Gasteiger charge is -2.22. The van der Waals surface area contributed by atoms with Crippen LogP contribution < -0.4 is 0 Å². The van der Waals surface area contributed by atoms with Crippen molar-refractivity contribution in [2.75, 3.05) is 0 Å². The molecular weight excluding hydrogens is 571 g/mol. The van der Waals surface area contributed by atoms with E-state index in [0.717, 1.165) is 27.6 Å². The summed E-state index contributed by atoms with van der Waals surface area (Å²) in [5, 5.41) is 4.77. The first kappa shape index (κ1) is 26.4. The van der Waals surface area contributed by atoms with E-state index in [9.17, 15) is 0 Å². The van der Waals surface area contributed by atoms with E-state index in [1.54, 1.807) is 0 Å². The third kappa shape index (κ3) is 3.79. The van der Waals surface area contributed by atoms with Gasteiger partial charge in [-0.3, -0.25) is 0 Å². The lowest BCUT2D eigenvalue weighted by atomic mass is 9.81. The summed E-state index contributed by atoms with van der Waals surface area (Å²) in [7, 11) is 0. The van der Waals surface area contributed by atoms with Crippen LogP contribution in [0.5, 0.6) is 0 Å². The van der Waals surface area contributed by atoms with Crippen LogP contribution in [0.4, 0.5) is 0 Å². The highest BCUT2D eigenvalue weighted by Crippen LogP contribution is 2.49. The minimum absolute atomic E-state index is 0.0198. The first-order chi connectivity index (χ1) is 23.0. The molecule has 7 aromatic carbocycles. The zero-order valence-electron chi connectivity index (χ0n) is 26.3. The number of fused-ring (bicyclic) bond motifs is 9. The number of aromatic nitrogens is 1. The maximum atomic E-state index is 6.14. The second-order valence-corrected chi connectivity index (χ2v) is 13.4. The molecule has 0 saturated heterocycles. The molecule has 1 aliphatic rings. The van der Waals surface area contributed by atoms with Crippen LogP contribution in [-0.4, -0.2) is 4.57 Å². The van der Waals surface area contributed by atoms with Gasteiger partial charge < -0.3 is 8.98 Å². The van der Waals surface area contributed by atoms with Crippen LogP contribution in [0, 0.1) is 0 Å². The molecule has 222 valence electrons. The summed E-state index contributed by atoms with van der Waals surface area (Å²) in [6.45, 7) is 4.69. The van der Waals surface area contributed by atoms with Crippen molar-refractivity contribution in [3.63, 3.8) is 0 Å². The molecule has 0 fully saturated rings. The summed E-state index contributed by atoms with van der Waals surface area (Å²) in [6.07, 6.45) is 0. The van der Waals surface area contributed by atoms with Crippen molar-refractivity contribution < 1.29 is 4.42 Å². The largest absolute Gasteiger partial charge is 0.456 e. The third-order valence-corrected chi connectivity index (χ3v) is 10.4. The average Bonchev–Trinajstić information content (AvgIpc) is 3.73. The highest BCUT2D eigenvalue weighted by atomic mass is 16.3. The van der Waals surface area contributed by atoms with Crippen molar-refractivity contribution in [3.05, 3.63) is 163 Å². The predicted molar refractivity (Wildman–Crippen MR) is 196 cm³/mol. The Morgan fingerprint density at radius 2 is 1.09 bits per heavy atom. The van der Waals surface area contributed by atoms with Gasteiger partial charge >= 0.3 is 0 Å². The Kier molecular flexibility index (Phi) is 5.37. The molecule has 0 N–H and O–H groups in total. The third-order valence-electron chi connectivity index (χ3n) is 10.4. The number of benzene rings is 7. The fourth-order valence-corrected chi connectivity index (χ4v) is 8.05. The molecule has 2 aromatic heterocycles. The van der Waals surface area contributed by atoms with Gasteiger partial charge in [0.05, 0.1) is 11.0 Å². The molecule has 0 unspecified atom stereocenters. The quantitative estimate of drug-likeness (QED) is 0.197. The Labute approximate surface area is 273 Å². The van der Waals surface area contributed by atoms with E-state index < -0.39 is 0 Å². The van der Waals surface area contributed by atoms with E-state index in [4.69, 9.17) is 4.42 Å². The second-order valence-electron chi connectivity index (χ2n) is 13.4. The summed E-state index contributed by atoms with van der Waals surface area (Å²) in [5.74, 6) is 0.